The van der Waals surface area contributed by atoms with Gasteiger partial charge in [-0.25, -0.2) is 0 Å². The molecule has 2 N–H and O–H groups in total. The fourth-order valence-corrected chi connectivity index (χ4v) is 2.18. The molecule has 0 unspecified atom stereocenters. The second-order valence-corrected chi connectivity index (χ2v) is 4.72. The van der Waals surface area contributed by atoms with E-state index in [-0.39, 0.29) is 0 Å². The number of nitrogens with two attached hydrogens (primary N) is 1. The summed E-state index contributed by atoms with van der Waals surface area (Å²) in [7, 11) is 1.61. The van der Waals surface area contributed by atoms with Gasteiger partial charge in [0.25, 0.3) is 0 Å². The Labute approximate surface area is 126 Å². The molecule has 6 nitrogen and oxygen atoms in total. The zero-order valence-electron chi connectivity index (χ0n) is 11.2. The number of aromatic nitrogens is 4. The van der Waals surface area contributed by atoms with Crippen LogP contribution >= 0.6 is 11.6 Å². The molecule has 0 bridgehead atoms. The fourth-order valence-electron chi connectivity index (χ4n) is 2.00. The monoisotopic (exact) mass is 301 g/mol. The van der Waals surface area contributed by atoms with Crippen molar-refractivity contribution in [2.45, 2.75) is 0 Å². The van der Waals surface area contributed by atoms with Gasteiger partial charge in [0.1, 0.15) is 5.75 Å². The lowest BCUT2D eigenvalue weighted by Crippen LogP contribution is -2.02. The number of halogens is 1. The summed E-state index contributed by atoms with van der Waals surface area (Å²) in [5.74, 6) is 1.23. The predicted octanol–water partition coefficient (Wildman–Crippen LogP) is 2.57. The van der Waals surface area contributed by atoms with E-state index in [0.717, 1.165) is 5.69 Å². The normalized spacial score (nSPS) is 10.6. The van der Waals surface area contributed by atoms with Crippen molar-refractivity contribution in [1.82, 2.24) is 20.2 Å². The Hall–Kier alpha value is -2.60. The van der Waals surface area contributed by atoms with Crippen LogP contribution in [0.25, 0.3) is 17.1 Å². The minimum absolute atomic E-state index is 0.443. The number of nitrogen functional groups attached to an aromatic ring is 1. The SMILES string of the molecule is COc1cccc(-n2nnnc2-c2cccc(Cl)c2N)c1. The molecule has 7 heteroatoms. The van der Waals surface area contributed by atoms with Gasteiger partial charge in [-0.05, 0) is 34.7 Å². The van der Waals surface area contributed by atoms with Gasteiger partial charge in [0.05, 0.1) is 23.5 Å². The number of rotatable bonds is 3. The third-order valence-corrected chi connectivity index (χ3v) is 3.39. The summed E-state index contributed by atoms with van der Waals surface area (Å²) in [6.07, 6.45) is 0. The molecule has 3 rings (SSSR count). The standard InChI is InChI=1S/C14H12ClN5O/c1-21-10-5-2-4-9(8-10)20-14(17-18-19-20)11-6-3-7-12(15)13(11)16/h2-8H,16H2,1H3. The number of hydrogen-bond acceptors (Lipinski definition) is 5. The maximum atomic E-state index is 6.05. The average molecular weight is 302 g/mol. The average Bonchev–Trinajstić information content (AvgIpc) is 2.99. The Morgan fingerprint density at radius 1 is 1.19 bits per heavy atom. The minimum Gasteiger partial charge on any atom is -0.497 e. The van der Waals surface area contributed by atoms with E-state index in [0.29, 0.717) is 27.8 Å². The fraction of sp³-hybridized carbons (Fsp3) is 0.0714. The van der Waals surface area contributed by atoms with Gasteiger partial charge in [0.2, 0.25) is 0 Å². The molecule has 0 amide bonds. The first-order chi connectivity index (χ1) is 10.2. The Morgan fingerprint density at radius 3 is 2.81 bits per heavy atom. The molecule has 0 aliphatic heterocycles. The van der Waals surface area contributed by atoms with Crippen LogP contribution in [0.5, 0.6) is 5.75 Å². The van der Waals surface area contributed by atoms with E-state index in [4.69, 9.17) is 22.1 Å². The van der Waals surface area contributed by atoms with E-state index < -0.39 is 0 Å². The highest BCUT2D eigenvalue weighted by molar-refractivity contribution is 6.33. The maximum absolute atomic E-state index is 6.05. The molecule has 1 aromatic heterocycles. The van der Waals surface area contributed by atoms with E-state index in [1.807, 2.05) is 30.3 Å². The van der Waals surface area contributed by atoms with Crippen molar-refractivity contribution in [2.24, 2.45) is 0 Å². The summed E-state index contributed by atoms with van der Waals surface area (Å²) in [5.41, 5.74) is 7.90. The maximum Gasteiger partial charge on any atom is 0.189 e. The summed E-state index contributed by atoms with van der Waals surface area (Å²) in [6.45, 7) is 0. The third-order valence-electron chi connectivity index (χ3n) is 3.06. The zero-order valence-corrected chi connectivity index (χ0v) is 11.9. The lowest BCUT2D eigenvalue weighted by molar-refractivity contribution is 0.414. The van der Waals surface area contributed by atoms with Gasteiger partial charge in [-0.1, -0.05) is 23.7 Å². The smallest absolute Gasteiger partial charge is 0.189 e. The number of hydrogen-bond donors (Lipinski definition) is 1. The van der Waals surface area contributed by atoms with Crippen LogP contribution < -0.4 is 10.5 Å². The molecule has 0 aliphatic rings. The van der Waals surface area contributed by atoms with Crippen molar-refractivity contribution in [3.05, 3.63) is 47.5 Å². The van der Waals surface area contributed by atoms with Crippen molar-refractivity contribution < 1.29 is 4.74 Å². The van der Waals surface area contributed by atoms with Gasteiger partial charge < -0.3 is 10.5 Å². The quantitative estimate of drug-likeness (QED) is 0.752. The van der Waals surface area contributed by atoms with Gasteiger partial charge in [-0.3, -0.25) is 0 Å². The Balaban J connectivity index is 2.15. The van der Waals surface area contributed by atoms with E-state index in [1.165, 1.54) is 0 Å². The van der Waals surface area contributed by atoms with Crippen LogP contribution in [0.1, 0.15) is 0 Å². The summed E-state index contributed by atoms with van der Waals surface area (Å²) in [4.78, 5) is 0. The topological polar surface area (TPSA) is 78.8 Å². The second-order valence-electron chi connectivity index (χ2n) is 4.32. The van der Waals surface area contributed by atoms with Crippen molar-refractivity contribution in [3.8, 4) is 22.8 Å². The molecule has 0 spiro atoms. The van der Waals surface area contributed by atoms with Crippen LogP contribution in [0, 0.1) is 0 Å². The van der Waals surface area contributed by atoms with Crippen LogP contribution in [-0.2, 0) is 0 Å². The predicted molar refractivity (Wildman–Crippen MR) is 80.6 cm³/mol. The number of tetrazole rings is 1. The number of nitrogens with zero attached hydrogens (tertiary/aromatic N) is 4. The molecule has 2 aromatic carbocycles. The summed E-state index contributed by atoms with van der Waals surface area (Å²) < 4.78 is 6.80. The zero-order chi connectivity index (χ0) is 14.8. The molecule has 0 saturated carbocycles. The third kappa shape index (κ3) is 2.41. The highest BCUT2D eigenvalue weighted by Crippen LogP contribution is 2.31. The lowest BCUT2D eigenvalue weighted by Gasteiger charge is -2.09. The molecule has 3 aromatic rings. The molecular weight excluding hydrogens is 290 g/mol. The van der Waals surface area contributed by atoms with Crippen LogP contribution in [0.4, 0.5) is 5.69 Å². The first kappa shape index (κ1) is 13.4. The number of para-hydroxylation sites is 1. The van der Waals surface area contributed by atoms with E-state index in [1.54, 1.807) is 23.9 Å². The van der Waals surface area contributed by atoms with Crippen LogP contribution in [0.3, 0.4) is 0 Å². The lowest BCUT2D eigenvalue weighted by atomic mass is 10.1. The first-order valence-electron chi connectivity index (χ1n) is 6.18. The van der Waals surface area contributed by atoms with Crippen molar-refractivity contribution in [1.29, 1.82) is 0 Å². The Bertz CT molecular complexity index is 787. The van der Waals surface area contributed by atoms with Gasteiger partial charge >= 0.3 is 0 Å². The number of anilines is 1. The molecule has 0 atom stereocenters. The van der Waals surface area contributed by atoms with Crippen molar-refractivity contribution >= 4 is 17.3 Å². The van der Waals surface area contributed by atoms with E-state index in [2.05, 4.69) is 15.5 Å². The van der Waals surface area contributed by atoms with Gasteiger partial charge in [0, 0.05) is 11.6 Å². The van der Waals surface area contributed by atoms with E-state index >= 15 is 0 Å². The highest BCUT2D eigenvalue weighted by atomic mass is 35.5. The summed E-state index contributed by atoms with van der Waals surface area (Å²) >= 11 is 6.05. The molecule has 0 aliphatic carbocycles. The van der Waals surface area contributed by atoms with Crippen LogP contribution in [0.15, 0.2) is 42.5 Å². The molecule has 0 radical (unpaired) electrons. The van der Waals surface area contributed by atoms with E-state index in [9.17, 15) is 0 Å². The molecule has 21 heavy (non-hydrogen) atoms. The van der Waals surface area contributed by atoms with Gasteiger partial charge in [-0.15, -0.1) is 5.10 Å². The molecular formula is C14H12ClN5O. The molecule has 0 fully saturated rings. The van der Waals surface area contributed by atoms with Gasteiger partial charge in [0.15, 0.2) is 5.82 Å². The number of benzene rings is 2. The van der Waals surface area contributed by atoms with Crippen molar-refractivity contribution in [3.63, 3.8) is 0 Å². The molecule has 1 heterocycles. The molecule has 106 valence electrons. The Kier molecular flexibility index (Phi) is 3.45. The number of methoxy groups -OCH3 is 1. The molecule has 0 saturated heterocycles. The van der Waals surface area contributed by atoms with Crippen molar-refractivity contribution in [2.75, 3.05) is 12.8 Å². The largest absolute Gasteiger partial charge is 0.497 e. The first-order valence-corrected chi connectivity index (χ1v) is 6.55. The second kappa shape index (κ2) is 5.41. The Morgan fingerprint density at radius 2 is 2.00 bits per heavy atom. The van der Waals surface area contributed by atoms with Crippen LogP contribution in [-0.4, -0.2) is 27.3 Å². The van der Waals surface area contributed by atoms with Gasteiger partial charge in [-0.2, -0.15) is 4.68 Å². The minimum atomic E-state index is 0.443. The summed E-state index contributed by atoms with van der Waals surface area (Å²) in [6, 6.07) is 12.8. The highest BCUT2D eigenvalue weighted by Gasteiger charge is 2.15. The van der Waals surface area contributed by atoms with Crippen LogP contribution in [0.2, 0.25) is 5.02 Å². The summed E-state index contributed by atoms with van der Waals surface area (Å²) in [5, 5.41) is 12.2. The number of ether oxygens (including phenoxy) is 1.